The third kappa shape index (κ3) is 1.58. The van der Waals surface area contributed by atoms with Crippen molar-refractivity contribution in [3.8, 4) is 0 Å². The minimum Gasteiger partial charge on any atom is -0.392 e. The lowest BCUT2D eigenvalue weighted by atomic mass is 9.75. The molecule has 0 aromatic heterocycles. The second-order valence-electron chi connectivity index (χ2n) is 4.76. The van der Waals surface area contributed by atoms with Gasteiger partial charge in [-0.2, -0.15) is 12.6 Å². The summed E-state index contributed by atoms with van der Waals surface area (Å²) in [5.74, 6) is 0. The molecule has 2 bridgehead atoms. The van der Waals surface area contributed by atoms with Gasteiger partial charge in [-0.25, -0.2) is 0 Å². The molecule has 1 fully saturated rings. The summed E-state index contributed by atoms with van der Waals surface area (Å²) in [6, 6.07) is 6.30. The molecule has 1 aromatic rings. The lowest BCUT2D eigenvalue weighted by Crippen LogP contribution is -2.48. The van der Waals surface area contributed by atoms with Gasteiger partial charge in [-0.1, -0.05) is 18.2 Å². The summed E-state index contributed by atoms with van der Waals surface area (Å²) in [7, 11) is 0. The zero-order valence-electron chi connectivity index (χ0n) is 10.1. The number of piperidine rings is 1. The number of aliphatic hydroxyl groups is 1. The van der Waals surface area contributed by atoms with Gasteiger partial charge < -0.3 is 10.4 Å². The first-order valence-electron chi connectivity index (χ1n) is 6.34. The molecule has 86 valence electrons. The fourth-order valence-electron chi connectivity index (χ4n) is 2.82. The highest BCUT2D eigenvalue weighted by Gasteiger charge is 2.40. The minimum atomic E-state index is -0.353. The van der Waals surface area contributed by atoms with Gasteiger partial charge in [0.1, 0.15) is 0 Å². The number of aliphatic hydroxyl groups excluding tert-OH is 1. The lowest BCUT2D eigenvalue weighted by molar-refractivity contribution is 0.280. The quantitative estimate of drug-likeness (QED) is 0.648. The second kappa shape index (κ2) is 3.76. The molecule has 1 heterocycles. The van der Waals surface area contributed by atoms with Crippen molar-refractivity contribution in [2.75, 3.05) is 6.54 Å². The van der Waals surface area contributed by atoms with E-state index in [-0.39, 0.29) is 23.8 Å². The molecule has 1 saturated heterocycles. The summed E-state index contributed by atoms with van der Waals surface area (Å²) < 4.78 is 7.99. The van der Waals surface area contributed by atoms with Crippen molar-refractivity contribution in [1.82, 2.24) is 5.32 Å². The van der Waals surface area contributed by atoms with E-state index < -0.39 is 0 Å². The van der Waals surface area contributed by atoms with Crippen molar-refractivity contribution >= 4 is 12.6 Å². The molecule has 2 aliphatic rings. The Labute approximate surface area is 103 Å². The molecule has 0 saturated carbocycles. The van der Waals surface area contributed by atoms with Gasteiger partial charge in [0, 0.05) is 12.2 Å². The summed E-state index contributed by atoms with van der Waals surface area (Å²) in [4.78, 5) is 0. The van der Waals surface area contributed by atoms with Crippen LogP contribution in [0.3, 0.4) is 0 Å². The summed E-state index contributed by atoms with van der Waals surface area (Å²) in [5.41, 5.74) is 3.35. The van der Waals surface area contributed by atoms with Gasteiger partial charge in [0.25, 0.3) is 0 Å². The zero-order valence-corrected chi connectivity index (χ0v) is 10.0. The third-order valence-electron chi connectivity index (χ3n) is 3.65. The van der Waals surface area contributed by atoms with Crippen LogP contribution in [0.25, 0.3) is 0 Å². The number of benzene rings is 1. The smallest absolute Gasteiger partial charge is 0.0681 e. The van der Waals surface area contributed by atoms with Crippen LogP contribution in [0, 0.1) is 0 Å². The van der Waals surface area contributed by atoms with E-state index in [1.807, 2.05) is 12.1 Å². The van der Waals surface area contributed by atoms with Gasteiger partial charge in [-0.05, 0) is 42.5 Å². The Morgan fingerprint density at radius 1 is 1.62 bits per heavy atom. The van der Waals surface area contributed by atoms with E-state index in [1.54, 1.807) is 0 Å². The first-order chi connectivity index (χ1) is 8.15. The summed E-state index contributed by atoms with van der Waals surface area (Å²) >= 11 is 4.81. The number of thiol groups is 1. The number of nitrogens with one attached hydrogen (secondary N) is 1. The maximum absolute atomic E-state index is 9.23. The molecule has 2 nitrogen and oxygen atoms in total. The largest absolute Gasteiger partial charge is 0.392 e. The first-order valence-corrected chi connectivity index (χ1v) is 6.21. The average Bonchev–Trinajstić information content (AvgIpc) is 2.33. The van der Waals surface area contributed by atoms with Crippen LogP contribution in [0.1, 0.15) is 30.9 Å². The SMILES string of the molecule is [3H]C1C2Cc3ccc(CO)cc3[C@@]1(S)CCN2. The monoisotopic (exact) mass is 237 g/mol. The van der Waals surface area contributed by atoms with Crippen molar-refractivity contribution < 1.29 is 6.48 Å². The predicted octanol–water partition coefficient (Wildman–Crippen LogP) is 1.61. The Kier molecular flexibility index (Phi) is 2.23. The molecule has 16 heavy (non-hydrogen) atoms. The molecule has 2 N–H and O–H groups in total. The van der Waals surface area contributed by atoms with Crippen LogP contribution in [0.5, 0.6) is 0 Å². The molecule has 2 unspecified atom stereocenters. The van der Waals surface area contributed by atoms with Crippen LogP contribution >= 0.6 is 12.6 Å². The van der Waals surface area contributed by atoms with Gasteiger partial charge in [-0.3, -0.25) is 0 Å². The summed E-state index contributed by atoms with van der Waals surface area (Å²) in [6.07, 6.45) is 1.57. The number of fused-ring (bicyclic) bond motifs is 4. The third-order valence-corrected chi connectivity index (χ3v) is 4.27. The van der Waals surface area contributed by atoms with Gasteiger partial charge in [0.15, 0.2) is 0 Å². The molecule has 1 aromatic carbocycles. The molecule has 0 amide bonds. The Bertz CT molecular complexity index is 453. The molecule has 1 aliphatic carbocycles. The van der Waals surface area contributed by atoms with Crippen LogP contribution in [0.2, 0.25) is 0 Å². The minimum absolute atomic E-state index is 0.0570. The van der Waals surface area contributed by atoms with Crippen LogP contribution < -0.4 is 5.32 Å². The van der Waals surface area contributed by atoms with Gasteiger partial charge in [0.05, 0.1) is 6.61 Å². The molecule has 0 spiro atoms. The Balaban J connectivity index is 2.14. The number of hydrogen-bond acceptors (Lipinski definition) is 3. The Morgan fingerprint density at radius 2 is 2.50 bits per heavy atom. The normalized spacial score (nSPS) is 37.8. The van der Waals surface area contributed by atoms with E-state index in [0.717, 1.165) is 30.5 Å². The van der Waals surface area contributed by atoms with Crippen molar-refractivity contribution in [2.45, 2.75) is 36.6 Å². The molecular weight excluding hydrogens is 218 g/mol. The highest BCUT2D eigenvalue weighted by molar-refractivity contribution is 7.81. The van der Waals surface area contributed by atoms with Crippen LogP contribution in [-0.2, 0) is 17.8 Å². The van der Waals surface area contributed by atoms with E-state index in [1.165, 1.54) is 5.56 Å². The topological polar surface area (TPSA) is 32.3 Å². The van der Waals surface area contributed by atoms with E-state index in [9.17, 15) is 5.11 Å². The van der Waals surface area contributed by atoms with Crippen molar-refractivity contribution in [3.05, 3.63) is 34.9 Å². The van der Waals surface area contributed by atoms with Crippen LogP contribution in [0.15, 0.2) is 18.2 Å². The van der Waals surface area contributed by atoms with Crippen molar-refractivity contribution in [2.24, 2.45) is 0 Å². The van der Waals surface area contributed by atoms with E-state index >= 15 is 0 Å². The fraction of sp³-hybridized carbons (Fsp3) is 0.538. The Morgan fingerprint density at radius 3 is 3.31 bits per heavy atom. The zero-order chi connectivity index (χ0) is 12.0. The maximum Gasteiger partial charge on any atom is 0.0681 e. The summed E-state index contributed by atoms with van der Waals surface area (Å²) in [5, 5.41) is 12.6. The number of hydrogen-bond donors (Lipinski definition) is 3. The lowest BCUT2D eigenvalue weighted by Gasteiger charge is -2.44. The highest BCUT2D eigenvalue weighted by Crippen LogP contribution is 2.45. The Hall–Kier alpha value is -0.510. The van der Waals surface area contributed by atoms with Gasteiger partial charge in [-0.15, -0.1) is 0 Å². The van der Waals surface area contributed by atoms with Gasteiger partial charge >= 0.3 is 0 Å². The average molecular weight is 237 g/mol. The van der Waals surface area contributed by atoms with Gasteiger partial charge in [0.2, 0.25) is 0 Å². The molecule has 1 aliphatic heterocycles. The first kappa shape index (κ1) is 9.51. The van der Waals surface area contributed by atoms with E-state index in [0.29, 0.717) is 0 Å². The maximum atomic E-state index is 9.23. The molecule has 3 rings (SSSR count). The molecule has 3 atom stereocenters. The van der Waals surface area contributed by atoms with Crippen molar-refractivity contribution in [3.63, 3.8) is 0 Å². The molecular formula is C13H17NOS. The molecule has 3 heteroatoms. The predicted molar refractivity (Wildman–Crippen MR) is 67.8 cm³/mol. The van der Waals surface area contributed by atoms with Crippen molar-refractivity contribution in [1.29, 1.82) is 0 Å². The van der Waals surface area contributed by atoms with Crippen LogP contribution in [0.4, 0.5) is 0 Å². The van der Waals surface area contributed by atoms with E-state index in [2.05, 4.69) is 11.4 Å². The second-order valence-corrected chi connectivity index (χ2v) is 5.55. The van der Waals surface area contributed by atoms with Crippen LogP contribution in [-0.4, -0.2) is 17.7 Å². The highest BCUT2D eigenvalue weighted by atomic mass is 32.1. The standard InChI is InChI=1S/C13H17NOS/c15-8-9-1-2-10-6-11-7-13(16,3-4-14-11)12(10)5-9/h1-2,5,11,14-16H,3-4,6-8H2/t11?,13-/m1/s1/i7T/t7?,11?,13-. The van der Waals surface area contributed by atoms with E-state index in [4.69, 9.17) is 14.0 Å². The molecule has 0 radical (unpaired) electrons. The number of rotatable bonds is 1. The summed E-state index contributed by atoms with van der Waals surface area (Å²) in [6.45, 7) is 0.980. The fourth-order valence-corrected chi connectivity index (χ4v) is 3.32.